The third-order valence-electron chi connectivity index (χ3n) is 4.44. The van der Waals surface area contributed by atoms with Crippen molar-refractivity contribution in [3.63, 3.8) is 0 Å². The van der Waals surface area contributed by atoms with Gasteiger partial charge in [-0.1, -0.05) is 54.6 Å². The lowest BCUT2D eigenvalue weighted by molar-refractivity contribution is 0.302. The second kappa shape index (κ2) is 7.31. The molecule has 0 saturated carbocycles. The van der Waals surface area contributed by atoms with Gasteiger partial charge in [0.1, 0.15) is 5.75 Å². The van der Waals surface area contributed by atoms with E-state index in [9.17, 15) is 4.79 Å². The molecule has 1 aromatic heterocycles. The van der Waals surface area contributed by atoms with Gasteiger partial charge in [-0.05, 0) is 41.8 Å². The van der Waals surface area contributed by atoms with E-state index < -0.39 is 0 Å². The molecule has 0 radical (unpaired) electrons. The van der Waals surface area contributed by atoms with Crippen molar-refractivity contribution in [1.82, 2.24) is 9.55 Å². The SMILES string of the molecule is O=c1[nH]c2ccccc2n1CCCOc1ccc(-c2ccccc2)cc1. The number of ether oxygens (including phenoxy) is 1. The second-order valence-corrected chi connectivity index (χ2v) is 6.19. The Morgan fingerprint density at radius 3 is 2.31 bits per heavy atom. The molecule has 3 aromatic carbocycles. The summed E-state index contributed by atoms with van der Waals surface area (Å²) in [5.41, 5.74) is 4.10. The van der Waals surface area contributed by atoms with Crippen LogP contribution in [0.25, 0.3) is 22.2 Å². The molecule has 4 aromatic rings. The van der Waals surface area contributed by atoms with Crippen molar-refractivity contribution >= 4 is 11.0 Å². The zero-order valence-corrected chi connectivity index (χ0v) is 14.4. The van der Waals surface area contributed by atoms with Gasteiger partial charge in [-0.2, -0.15) is 0 Å². The van der Waals surface area contributed by atoms with E-state index >= 15 is 0 Å². The topological polar surface area (TPSA) is 47.0 Å². The highest BCUT2D eigenvalue weighted by Crippen LogP contribution is 2.22. The van der Waals surface area contributed by atoms with E-state index in [0.717, 1.165) is 23.2 Å². The molecule has 0 aliphatic carbocycles. The summed E-state index contributed by atoms with van der Waals surface area (Å²) in [5, 5.41) is 0. The summed E-state index contributed by atoms with van der Waals surface area (Å²) in [5.74, 6) is 0.843. The molecule has 4 heteroatoms. The minimum Gasteiger partial charge on any atom is -0.494 e. The molecule has 130 valence electrons. The van der Waals surface area contributed by atoms with Gasteiger partial charge in [0, 0.05) is 6.54 Å². The van der Waals surface area contributed by atoms with Crippen molar-refractivity contribution in [2.45, 2.75) is 13.0 Å². The maximum absolute atomic E-state index is 12.0. The maximum Gasteiger partial charge on any atom is 0.326 e. The van der Waals surface area contributed by atoms with E-state index in [4.69, 9.17) is 4.74 Å². The third-order valence-corrected chi connectivity index (χ3v) is 4.44. The van der Waals surface area contributed by atoms with Gasteiger partial charge in [0.05, 0.1) is 17.6 Å². The lowest BCUT2D eigenvalue weighted by Crippen LogP contribution is -2.18. The van der Waals surface area contributed by atoms with E-state index in [-0.39, 0.29) is 5.69 Å². The maximum atomic E-state index is 12.0. The average Bonchev–Trinajstić information content (AvgIpc) is 3.01. The van der Waals surface area contributed by atoms with E-state index in [1.807, 2.05) is 54.6 Å². The molecule has 0 unspecified atom stereocenters. The number of hydrogen-bond acceptors (Lipinski definition) is 2. The molecule has 1 N–H and O–H groups in total. The monoisotopic (exact) mass is 344 g/mol. The minimum absolute atomic E-state index is 0.0709. The summed E-state index contributed by atoms with van der Waals surface area (Å²) in [7, 11) is 0. The normalized spacial score (nSPS) is 10.9. The van der Waals surface area contributed by atoms with Gasteiger partial charge in [0.15, 0.2) is 0 Å². The zero-order valence-electron chi connectivity index (χ0n) is 14.4. The van der Waals surface area contributed by atoms with Gasteiger partial charge in [-0.25, -0.2) is 4.79 Å². The van der Waals surface area contributed by atoms with Crippen LogP contribution in [-0.4, -0.2) is 16.2 Å². The molecular weight excluding hydrogens is 324 g/mol. The van der Waals surface area contributed by atoms with Gasteiger partial charge in [-0.15, -0.1) is 0 Å². The fraction of sp³-hybridized carbons (Fsp3) is 0.136. The number of nitrogens with one attached hydrogen (secondary N) is 1. The number of fused-ring (bicyclic) bond motifs is 1. The van der Waals surface area contributed by atoms with Gasteiger partial charge >= 0.3 is 5.69 Å². The number of aromatic nitrogens is 2. The molecule has 26 heavy (non-hydrogen) atoms. The molecular formula is C22H20N2O2. The second-order valence-electron chi connectivity index (χ2n) is 6.19. The predicted octanol–water partition coefficient (Wildman–Crippen LogP) is 4.47. The molecule has 0 spiro atoms. The summed E-state index contributed by atoms with van der Waals surface area (Å²) < 4.78 is 7.58. The van der Waals surface area contributed by atoms with Crippen LogP contribution in [0, 0.1) is 0 Å². The number of rotatable bonds is 6. The van der Waals surface area contributed by atoms with Crippen LogP contribution in [-0.2, 0) is 6.54 Å². The van der Waals surface area contributed by atoms with Crippen LogP contribution >= 0.6 is 0 Å². The van der Waals surface area contributed by atoms with Gasteiger partial charge < -0.3 is 9.72 Å². The van der Waals surface area contributed by atoms with Crippen molar-refractivity contribution in [3.05, 3.63) is 89.3 Å². The molecule has 0 aliphatic heterocycles. The van der Waals surface area contributed by atoms with Gasteiger partial charge in [-0.3, -0.25) is 4.57 Å². The van der Waals surface area contributed by atoms with Crippen LogP contribution in [0.4, 0.5) is 0 Å². The molecule has 0 aliphatic rings. The first kappa shape index (κ1) is 16.2. The van der Waals surface area contributed by atoms with E-state index in [1.165, 1.54) is 11.1 Å². The average molecular weight is 344 g/mol. The molecule has 0 amide bonds. The van der Waals surface area contributed by atoms with E-state index in [0.29, 0.717) is 13.2 Å². The Balaban J connectivity index is 1.35. The van der Waals surface area contributed by atoms with Crippen LogP contribution < -0.4 is 10.4 Å². The lowest BCUT2D eigenvalue weighted by Gasteiger charge is -2.08. The van der Waals surface area contributed by atoms with Gasteiger partial charge in [0.25, 0.3) is 0 Å². The molecule has 0 atom stereocenters. The fourth-order valence-electron chi connectivity index (χ4n) is 3.12. The third kappa shape index (κ3) is 3.40. The van der Waals surface area contributed by atoms with Crippen molar-refractivity contribution in [1.29, 1.82) is 0 Å². The Morgan fingerprint density at radius 2 is 1.50 bits per heavy atom. The Kier molecular flexibility index (Phi) is 4.56. The number of hydrogen-bond donors (Lipinski definition) is 1. The smallest absolute Gasteiger partial charge is 0.326 e. The van der Waals surface area contributed by atoms with Crippen LogP contribution in [0.5, 0.6) is 5.75 Å². The van der Waals surface area contributed by atoms with Crippen LogP contribution in [0.1, 0.15) is 6.42 Å². The highest BCUT2D eigenvalue weighted by molar-refractivity contribution is 5.74. The largest absolute Gasteiger partial charge is 0.494 e. The zero-order chi connectivity index (χ0) is 17.8. The number of aromatic amines is 1. The predicted molar refractivity (Wildman–Crippen MR) is 105 cm³/mol. The molecule has 0 bridgehead atoms. The number of benzene rings is 3. The first-order valence-electron chi connectivity index (χ1n) is 8.77. The number of para-hydroxylation sites is 2. The standard InChI is InChI=1S/C22H20N2O2/c25-22-23-20-9-4-5-10-21(20)24(22)15-6-16-26-19-13-11-18(12-14-19)17-7-2-1-3-8-17/h1-5,7-14H,6,15-16H2,(H,23,25). The summed E-state index contributed by atoms with van der Waals surface area (Å²) in [6.07, 6.45) is 0.766. The number of aryl methyl sites for hydroxylation is 1. The quantitative estimate of drug-likeness (QED) is 0.525. The summed E-state index contributed by atoms with van der Waals surface area (Å²) in [6, 6.07) is 26.1. The summed E-state index contributed by atoms with van der Waals surface area (Å²) in [4.78, 5) is 14.9. The lowest BCUT2D eigenvalue weighted by atomic mass is 10.1. The highest BCUT2D eigenvalue weighted by atomic mass is 16.5. The number of imidazole rings is 1. The molecule has 0 saturated heterocycles. The summed E-state index contributed by atoms with van der Waals surface area (Å²) in [6.45, 7) is 1.20. The minimum atomic E-state index is -0.0709. The van der Waals surface area contributed by atoms with Crippen LogP contribution in [0.15, 0.2) is 83.7 Å². The first-order valence-corrected chi connectivity index (χ1v) is 8.77. The first-order chi connectivity index (χ1) is 12.8. The molecule has 4 rings (SSSR count). The highest BCUT2D eigenvalue weighted by Gasteiger charge is 2.05. The Bertz CT molecular complexity index is 1050. The van der Waals surface area contributed by atoms with Crippen LogP contribution in [0.3, 0.4) is 0 Å². The molecule has 1 heterocycles. The van der Waals surface area contributed by atoms with E-state index in [1.54, 1.807) is 4.57 Å². The molecule has 0 fully saturated rings. The van der Waals surface area contributed by atoms with E-state index in [2.05, 4.69) is 29.2 Å². The van der Waals surface area contributed by atoms with Crippen molar-refractivity contribution in [2.24, 2.45) is 0 Å². The Morgan fingerprint density at radius 1 is 0.808 bits per heavy atom. The van der Waals surface area contributed by atoms with Crippen molar-refractivity contribution < 1.29 is 4.74 Å². The van der Waals surface area contributed by atoms with Crippen molar-refractivity contribution in [2.75, 3.05) is 6.61 Å². The Labute approximate surface area is 151 Å². The number of nitrogens with zero attached hydrogens (tertiary/aromatic N) is 1. The Hall–Kier alpha value is -3.27. The van der Waals surface area contributed by atoms with Gasteiger partial charge in [0.2, 0.25) is 0 Å². The molecule has 4 nitrogen and oxygen atoms in total. The fourth-order valence-corrected chi connectivity index (χ4v) is 3.12. The van der Waals surface area contributed by atoms with Crippen LogP contribution in [0.2, 0.25) is 0 Å². The summed E-state index contributed by atoms with van der Waals surface area (Å²) >= 11 is 0. The number of H-pyrrole nitrogens is 1. The van der Waals surface area contributed by atoms with Crippen molar-refractivity contribution in [3.8, 4) is 16.9 Å².